The number of amides is 1. The highest BCUT2D eigenvalue weighted by Gasteiger charge is 2.54. The van der Waals surface area contributed by atoms with E-state index in [9.17, 15) is 14.7 Å². The van der Waals surface area contributed by atoms with Gasteiger partial charge in [0.1, 0.15) is 17.2 Å². The normalized spacial score (nSPS) is 23.9. The molecule has 154 valence electrons. The molecule has 1 saturated heterocycles. The highest BCUT2D eigenvalue weighted by atomic mass is 16.5. The van der Waals surface area contributed by atoms with E-state index in [1.165, 1.54) is 0 Å². The Hall–Kier alpha value is -2.48. The highest BCUT2D eigenvalue weighted by Crippen LogP contribution is 2.48. The number of ether oxygens (including phenoxy) is 3. The third kappa shape index (κ3) is 3.73. The first kappa shape index (κ1) is 20.3. The monoisotopic (exact) mass is 392 g/mol. The zero-order chi connectivity index (χ0) is 20.3. The highest BCUT2D eigenvalue weighted by molar-refractivity contribution is 5.79. The Morgan fingerprint density at radius 1 is 1.21 bits per heavy atom. The van der Waals surface area contributed by atoms with Crippen molar-refractivity contribution in [1.82, 2.24) is 10.2 Å². The molecule has 1 heterocycles. The van der Waals surface area contributed by atoms with Crippen LogP contribution in [0.2, 0.25) is 0 Å². The Bertz CT molecular complexity index is 727. The number of carbonyl (C=O) groups excluding carboxylic acids is 1. The van der Waals surface area contributed by atoms with Crippen molar-refractivity contribution in [3.05, 3.63) is 17.7 Å². The van der Waals surface area contributed by atoms with Crippen LogP contribution < -0.4 is 19.5 Å². The number of fused-ring (bicyclic) bond motifs is 1. The van der Waals surface area contributed by atoms with E-state index >= 15 is 0 Å². The summed E-state index contributed by atoms with van der Waals surface area (Å²) in [7, 11) is 4.66. The number of hydrogen-bond acceptors (Lipinski definition) is 6. The molecule has 28 heavy (non-hydrogen) atoms. The molecule has 2 fully saturated rings. The molecular formula is C20H28N2O6. The van der Waals surface area contributed by atoms with E-state index in [2.05, 4.69) is 5.32 Å². The van der Waals surface area contributed by atoms with Crippen LogP contribution >= 0.6 is 0 Å². The summed E-state index contributed by atoms with van der Waals surface area (Å²) < 4.78 is 16.0. The SMILES string of the molecule is COc1cc(OC)c(CNC(=O)CN2C[C@@H]3CCC[C@@]3(C(=O)O)C2)c(OC)c1. The van der Waals surface area contributed by atoms with Crippen LogP contribution in [-0.2, 0) is 16.1 Å². The quantitative estimate of drug-likeness (QED) is 0.692. The van der Waals surface area contributed by atoms with Crippen LogP contribution in [0, 0.1) is 11.3 Å². The van der Waals surface area contributed by atoms with Crippen LogP contribution in [0.3, 0.4) is 0 Å². The molecule has 2 aliphatic rings. The van der Waals surface area contributed by atoms with Gasteiger partial charge < -0.3 is 24.6 Å². The topological polar surface area (TPSA) is 97.3 Å². The average Bonchev–Trinajstić information content (AvgIpc) is 3.23. The maximum absolute atomic E-state index is 12.5. The number of rotatable bonds is 8. The van der Waals surface area contributed by atoms with E-state index in [1.807, 2.05) is 4.90 Å². The Labute approximate surface area is 164 Å². The number of carboxylic acids is 1. The number of likely N-dealkylation sites (tertiary alicyclic amines) is 1. The van der Waals surface area contributed by atoms with Gasteiger partial charge in [0.25, 0.3) is 0 Å². The molecule has 2 N–H and O–H groups in total. The largest absolute Gasteiger partial charge is 0.496 e. The summed E-state index contributed by atoms with van der Waals surface area (Å²) >= 11 is 0. The van der Waals surface area contributed by atoms with Crippen molar-refractivity contribution in [3.63, 3.8) is 0 Å². The van der Waals surface area contributed by atoms with Crippen LogP contribution in [0.25, 0.3) is 0 Å². The summed E-state index contributed by atoms with van der Waals surface area (Å²) in [4.78, 5) is 26.2. The fourth-order valence-electron chi connectivity index (χ4n) is 4.56. The zero-order valence-electron chi connectivity index (χ0n) is 16.6. The van der Waals surface area contributed by atoms with Crippen molar-refractivity contribution >= 4 is 11.9 Å². The molecule has 1 aromatic carbocycles. The van der Waals surface area contributed by atoms with Gasteiger partial charge >= 0.3 is 5.97 Å². The van der Waals surface area contributed by atoms with Gasteiger partial charge in [-0.25, -0.2) is 0 Å². The molecule has 1 amide bonds. The molecule has 0 bridgehead atoms. The van der Waals surface area contributed by atoms with Gasteiger partial charge in [0.05, 0.1) is 45.4 Å². The fraction of sp³-hybridized carbons (Fsp3) is 0.600. The Kier molecular flexibility index (Phi) is 5.98. The minimum atomic E-state index is -0.731. The summed E-state index contributed by atoms with van der Waals surface area (Å²) in [6.07, 6.45) is 2.57. The van der Waals surface area contributed by atoms with Crippen LogP contribution in [0.1, 0.15) is 24.8 Å². The van der Waals surface area contributed by atoms with Gasteiger partial charge in [0.15, 0.2) is 0 Å². The summed E-state index contributed by atoms with van der Waals surface area (Å²) in [6, 6.07) is 3.48. The molecule has 3 rings (SSSR count). The number of aliphatic carboxylic acids is 1. The Balaban J connectivity index is 1.62. The molecule has 0 unspecified atom stereocenters. The van der Waals surface area contributed by atoms with Crippen LogP contribution in [0.15, 0.2) is 12.1 Å². The zero-order valence-corrected chi connectivity index (χ0v) is 16.6. The van der Waals surface area contributed by atoms with Gasteiger partial charge in [-0.05, 0) is 18.8 Å². The van der Waals surface area contributed by atoms with Gasteiger partial charge in [0.2, 0.25) is 5.91 Å². The number of methoxy groups -OCH3 is 3. The fourth-order valence-corrected chi connectivity index (χ4v) is 4.56. The molecule has 1 aliphatic heterocycles. The standard InChI is InChI=1S/C20H28N2O6/c1-26-14-7-16(27-2)15(17(8-14)28-3)9-21-18(23)11-22-10-13-5-4-6-20(13,12-22)19(24)25/h7-8,13H,4-6,9-12H2,1-3H3,(H,21,23)(H,24,25)/t13-,20+/m0/s1. The number of benzene rings is 1. The summed E-state index contributed by atoms with van der Waals surface area (Å²) in [5.41, 5.74) is 0.0438. The van der Waals surface area contributed by atoms with Crippen LogP contribution in [-0.4, -0.2) is 62.8 Å². The Morgan fingerprint density at radius 2 is 1.89 bits per heavy atom. The second-order valence-electron chi connectivity index (χ2n) is 7.51. The smallest absolute Gasteiger partial charge is 0.311 e. The molecule has 1 aliphatic carbocycles. The second kappa shape index (κ2) is 8.26. The number of nitrogens with one attached hydrogen (secondary N) is 1. The van der Waals surface area contributed by atoms with E-state index in [4.69, 9.17) is 14.2 Å². The van der Waals surface area contributed by atoms with Gasteiger partial charge in [-0.2, -0.15) is 0 Å². The van der Waals surface area contributed by atoms with E-state index in [1.54, 1.807) is 33.5 Å². The molecule has 8 nitrogen and oxygen atoms in total. The predicted molar refractivity (Wildman–Crippen MR) is 102 cm³/mol. The Morgan fingerprint density at radius 3 is 2.43 bits per heavy atom. The number of carbonyl (C=O) groups is 2. The summed E-state index contributed by atoms with van der Waals surface area (Å²) in [5, 5.41) is 12.6. The first-order valence-electron chi connectivity index (χ1n) is 9.45. The lowest BCUT2D eigenvalue weighted by atomic mass is 9.81. The molecule has 8 heteroatoms. The number of carboxylic acid groups (broad SMARTS) is 1. The number of nitrogens with zero attached hydrogens (tertiary/aromatic N) is 1. The van der Waals surface area contributed by atoms with Crippen molar-refractivity contribution in [3.8, 4) is 17.2 Å². The van der Waals surface area contributed by atoms with Gasteiger partial charge in [-0.3, -0.25) is 14.5 Å². The molecule has 0 radical (unpaired) electrons. The third-order valence-corrected chi connectivity index (χ3v) is 6.01. The lowest BCUT2D eigenvalue weighted by Crippen LogP contribution is -2.39. The maximum atomic E-state index is 12.5. The van der Waals surface area contributed by atoms with Crippen molar-refractivity contribution in [2.75, 3.05) is 41.0 Å². The van der Waals surface area contributed by atoms with E-state index in [-0.39, 0.29) is 24.9 Å². The maximum Gasteiger partial charge on any atom is 0.311 e. The predicted octanol–water partition coefficient (Wildman–Crippen LogP) is 1.52. The summed E-state index contributed by atoms with van der Waals surface area (Å²) in [6.45, 7) is 1.54. The first-order valence-corrected chi connectivity index (χ1v) is 9.45. The molecule has 1 saturated carbocycles. The lowest BCUT2D eigenvalue weighted by Gasteiger charge is -2.23. The molecule has 2 atom stereocenters. The molecule has 1 aromatic rings. The minimum Gasteiger partial charge on any atom is -0.496 e. The van der Waals surface area contributed by atoms with E-state index in [0.717, 1.165) is 18.4 Å². The molecular weight excluding hydrogens is 364 g/mol. The third-order valence-electron chi connectivity index (χ3n) is 6.01. The minimum absolute atomic E-state index is 0.138. The average molecular weight is 392 g/mol. The van der Waals surface area contributed by atoms with Gasteiger partial charge in [-0.15, -0.1) is 0 Å². The lowest BCUT2D eigenvalue weighted by molar-refractivity contribution is -0.149. The van der Waals surface area contributed by atoms with Crippen LogP contribution in [0.5, 0.6) is 17.2 Å². The van der Waals surface area contributed by atoms with Crippen LogP contribution in [0.4, 0.5) is 0 Å². The van der Waals surface area contributed by atoms with Crippen molar-refractivity contribution in [2.45, 2.75) is 25.8 Å². The van der Waals surface area contributed by atoms with E-state index < -0.39 is 11.4 Å². The first-order chi connectivity index (χ1) is 13.4. The van der Waals surface area contributed by atoms with E-state index in [0.29, 0.717) is 36.8 Å². The summed E-state index contributed by atoms with van der Waals surface area (Å²) in [5.74, 6) is 0.992. The second-order valence-corrected chi connectivity index (χ2v) is 7.51. The van der Waals surface area contributed by atoms with Gasteiger partial charge in [0, 0.05) is 25.2 Å². The molecule has 0 aromatic heterocycles. The molecule has 0 spiro atoms. The van der Waals surface area contributed by atoms with Crippen molar-refractivity contribution in [2.24, 2.45) is 11.3 Å². The van der Waals surface area contributed by atoms with Crippen molar-refractivity contribution < 1.29 is 28.9 Å². The van der Waals surface area contributed by atoms with Gasteiger partial charge in [-0.1, -0.05) is 6.42 Å². The number of hydrogen-bond donors (Lipinski definition) is 2. The van der Waals surface area contributed by atoms with Crippen molar-refractivity contribution in [1.29, 1.82) is 0 Å².